The number of esters is 1. The highest BCUT2D eigenvalue weighted by molar-refractivity contribution is 7.12. The Morgan fingerprint density at radius 3 is 2.53 bits per heavy atom. The molecule has 2 rings (SSSR count). The second kappa shape index (κ2) is 5.08. The highest BCUT2D eigenvalue weighted by Gasteiger charge is 2.27. The summed E-state index contributed by atoms with van der Waals surface area (Å²) >= 11 is 1.35. The average Bonchev–Trinajstić information content (AvgIpc) is 2.62. The topological polar surface area (TPSA) is 52.3 Å². The molecule has 0 bridgehead atoms. The molecule has 2 N–H and O–H groups in total. The van der Waals surface area contributed by atoms with Crippen molar-refractivity contribution in [3.8, 4) is 0 Å². The van der Waals surface area contributed by atoms with Gasteiger partial charge in [-0.25, -0.2) is 4.79 Å². The van der Waals surface area contributed by atoms with Gasteiger partial charge in [0.1, 0.15) is 11.0 Å². The van der Waals surface area contributed by atoms with Crippen LogP contribution in [-0.4, -0.2) is 12.1 Å². The Labute approximate surface area is 106 Å². The lowest BCUT2D eigenvalue weighted by atomic mass is 9.82. The van der Waals surface area contributed by atoms with Crippen molar-refractivity contribution in [1.29, 1.82) is 0 Å². The molecule has 1 fully saturated rings. The molecule has 0 amide bonds. The number of rotatable bonds is 2. The Hall–Kier alpha value is -1.03. The molecule has 1 heterocycles. The molecule has 2 atom stereocenters. The molecule has 0 spiro atoms. The number of thiophene rings is 1. The van der Waals surface area contributed by atoms with Crippen molar-refractivity contribution in [3.63, 3.8) is 0 Å². The normalized spacial score (nSPS) is 28.9. The van der Waals surface area contributed by atoms with Gasteiger partial charge in [0.25, 0.3) is 0 Å². The van der Waals surface area contributed by atoms with Crippen LogP contribution in [0.1, 0.15) is 42.8 Å². The van der Waals surface area contributed by atoms with Gasteiger partial charge < -0.3 is 10.5 Å². The summed E-state index contributed by atoms with van der Waals surface area (Å²) in [5.41, 5.74) is 6.24. The quantitative estimate of drug-likeness (QED) is 0.823. The zero-order valence-corrected chi connectivity index (χ0v) is 11.1. The van der Waals surface area contributed by atoms with Crippen molar-refractivity contribution in [2.45, 2.75) is 39.2 Å². The van der Waals surface area contributed by atoms with Gasteiger partial charge in [-0.3, -0.25) is 0 Å². The number of nitrogen functional groups attached to an aromatic ring is 1. The molecular weight excluding hydrogens is 234 g/mol. The van der Waals surface area contributed by atoms with E-state index < -0.39 is 0 Å². The molecule has 1 aliphatic carbocycles. The zero-order chi connectivity index (χ0) is 12.4. The third-order valence-corrected chi connectivity index (χ3v) is 4.20. The Morgan fingerprint density at radius 2 is 2.00 bits per heavy atom. The summed E-state index contributed by atoms with van der Waals surface area (Å²) in [5.74, 6) is 1.01. The molecular formula is C13H19NO2S. The second-order valence-corrected chi connectivity index (χ2v) is 6.07. The maximum absolute atomic E-state index is 11.9. The first-order valence-corrected chi connectivity index (χ1v) is 6.98. The molecule has 3 nitrogen and oxygen atoms in total. The van der Waals surface area contributed by atoms with Gasteiger partial charge in [-0.05, 0) is 42.5 Å². The molecule has 1 aliphatic rings. The van der Waals surface area contributed by atoms with Crippen LogP contribution in [0.2, 0.25) is 0 Å². The predicted octanol–water partition coefficient (Wildman–Crippen LogP) is 3.31. The van der Waals surface area contributed by atoms with E-state index in [0.717, 1.165) is 12.8 Å². The minimum atomic E-state index is -0.260. The van der Waals surface area contributed by atoms with Crippen LogP contribution in [0, 0.1) is 11.8 Å². The first-order chi connectivity index (χ1) is 8.06. The lowest BCUT2D eigenvalue weighted by Crippen LogP contribution is -2.28. The van der Waals surface area contributed by atoms with E-state index in [1.807, 2.05) is 5.38 Å². The zero-order valence-electron chi connectivity index (χ0n) is 10.3. The molecule has 2 unspecified atom stereocenters. The third kappa shape index (κ3) is 3.00. The molecule has 1 aromatic rings. The molecule has 0 radical (unpaired) electrons. The molecule has 0 aromatic carbocycles. The number of carbonyl (C=O) groups excluding carboxylic acids is 1. The monoisotopic (exact) mass is 253 g/mol. The highest BCUT2D eigenvalue weighted by atomic mass is 32.1. The van der Waals surface area contributed by atoms with Gasteiger partial charge in [0.2, 0.25) is 0 Å². The summed E-state index contributed by atoms with van der Waals surface area (Å²) in [6.45, 7) is 4.44. The molecule has 0 aliphatic heterocycles. The number of ether oxygens (including phenoxy) is 1. The maximum Gasteiger partial charge on any atom is 0.350 e. The van der Waals surface area contributed by atoms with Gasteiger partial charge in [-0.15, -0.1) is 11.3 Å². The maximum atomic E-state index is 11.9. The van der Waals surface area contributed by atoms with E-state index in [0.29, 0.717) is 22.4 Å². The first-order valence-electron chi connectivity index (χ1n) is 6.10. The van der Waals surface area contributed by atoms with E-state index in [1.54, 1.807) is 6.07 Å². The standard InChI is InChI=1S/C13H19NO2S/c1-8-5-9(2)7-10(6-8)16-13(15)12-11(14)3-4-17-12/h3-4,8-10H,5-7,14H2,1-2H3. The van der Waals surface area contributed by atoms with Crippen molar-refractivity contribution in [3.05, 3.63) is 16.3 Å². The number of nitrogens with two attached hydrogens (primary N) is 1. The predicted molar refractivity (Wildman–Crippen MR) is 70.1 cm³/mol. The third-order valence-electron chi connectivity index (χ3n) is 3.29. The van der Waals surface area contributed by atoms with Crippen LogP contribution in [0.3, 0.4) is 0 Å². The van der Waals surface area contributed by atoms with Gasteiger partial charge in [-0.2, -0.15) is 0 Å². The van der Waals surface area contributed by atoms with Gasteiger partial charge in [-0.1, -0.05) is 13.8 Å². The van der Waals surface area contributed by atoms with Crippen LogP contribution in [0.4, 0.5) is 5.69 Å². The lowest BCUT2D eigenvalue weighted by Gasteiger charge is -2.30. The lowest BCUT2D eigenvalue weighted by molar-refractivity contribution is 0.00868. The first kappa shape index (κ1) is 12.4. The molecule has 4 heteroatoms. The van der Waals surface area contributed by atoms with Crippen LogP contribution < -0.4 is 5.73 Å². The van der Waals surface area contributed by atoms with Gasteiger partial charge in [0.05, 0.1) is 5.69 Å². The fourth-order valence-corrected chi connectivity index (χ4v) is 3.36. The van der Waals surface area contributed by atoms with Crippen LogP contribution >= 0.6 is 11.3 Å². The Kier molecular flexibility index (Phi) is 3.72. The van der Waals surface area contributed by atoms with Gasteiger partial charge >= 0.3 is 5.97 Å². The molecule has 0 saturated heterocycles. The Morgan fingerprint density at radius 1 is 1.35 bits per heavy atom. The summed E-state index contributed by atoms with van der Waals surface area (Å²) in [7, 11) is 0. The fraction of sp³-hybridized carbons (Fsp3) is 0.615. The Bertz CT molecular complexity index is 392. The summed E-state index contributed by atoms with van der Waals surface area (Å²) in [5, 5.41) is 1.82. The average molecular weight is 253 g/mol. The fourth-order valence-electron chi connectivity index (χ4n) is 2.66. The van der Waals surface area contributed by atoms with E-state index in [2.05, 4.69) is 13.8 Å². The molecule has 94 valence electrons. The van der Waals surface area contributed by atoms with E-state index in [-0.39, 0.29) is 12.1 Å². The van der Waals surface area contributed by atoms with Crippen molar-refractivity contribution >= 4 is 23.0 Å². The summed E-state index contributed by atoms with van der Waals surface area (Å²) in [6.07, 6.45) is 3.24. The largest absolute Gasteiger partial charge is 0.458 e. The van der Waals surface area contributed by atoms with Crippen LogP contribution in [-0.2, 0) is 4.74 Å². The van der Waals surface area contributed by atoms with Crippen molar-refractivity contribution < 1.29 is 9.53 Å². The summed E-state index contributed by atoms with van der Waals surface area (Å²) < 4.78 is 5.55. The van der Waals surface area contributed by atoms with Gasteiger partial charge in [0.15, 0.2) is 0 Å². The minimum absolute atomic E-state index is 0.0581. The van der Waals surface area contributed by atoms with Crippen molar-refractivity contribution in [1.82, 2.24) is 0 Å². The van der Waals surface area contributed by atoms with Crippen molar-refractivity contribution in [2.75, 3.05) is 5.73 Å². The number of anilines is 1. The van der Waals surface area contributed by atoms with E-state index in [4.69, 9.17) is 10.5 Å². The number of carbonyl (C=O) groups is 1. The summed E-state index contributed by atoms with van der Waals surface area (Å²) in [6, 6.07) is 1.74. The SMILES string of the molecule is CC1CC(C)CC(OC(=O)c2sccc2N)C1. The molecule has 1 aromatic heterocycles. The van der Waals surface area contributed by atoms with Crippen LogP contribution in [0.15, 0.2) is 11.4 Å². The molecule has 1 saturated carbocycles. The Balaban J connectivity index is 1.97. The highest BCUT2D eigenvalue weighted by Crippen LogP contribution is 2.31. The summed E-state index contributed by atoms with van der Waals surface area (Å²) in [4.78, 5) is 12.5. The molecule has 17 heavy (non-hydrogen) atoms. The van der Waals surface area contributed by atoms with E-state index in [1.165, 1.54) is 17.8 Å². The van der Waals surface area contributed by atoms with E-state index in [9.17, 15) is 4.79 Å². The van der Waals surface area contributed by atoms with Crippen molar-refractivity contribution in [2.24, 2.45) is 11.8 Å². The number of hydrogen-bond acceptors (Lipinski definition) is 4. The van der Waals surface area contributed by atoms with E-state index >= 15 is 0 Å². The number of hydrogen-bond donors (Lipinski definition) is 1. The second-order valence-electron chi connectivity index (χ2n) is 5.15. The minimum Gasteiger partial charge on any atom is -0.458 e. The smallest absolute Gasteiger partial charge is 0.350 e. The van der Waals surface area contributed by atoms with Crippen LogP contribution in [0.5, 0.6) is 0 Å². The van der Waals surface area contributed by atoms with Gasteiger partial charge in [0, 0.05) is 0 Å². The van der Waals surface area contributed by atoms with Crippen LogP contribution in [0.25, 0.3) is 0 Å².